The second kappa shape index (κ2) is 6.75. The summed E-state index contributed by atoms with van der Waals surface area (Å²) in [6.07, 6.45) is 3.57. The molecule has 0 spiro atoms. The van der Waals surface area contributed by atoms with Crippen LogP contribution in [0.5, 0.6) is 0 Å². The number of rotatable bonds is 4. The first kappa shape index (κ1) is 16.7. The molecule has 5 heteroatoms. The van der Waals surface area contributed by atoms with E-state index in [1.54, 1.807) is 4.90 Å². The smallest absolute Gasteiger partial charge is 0.240 e. The maximum atomic E-state index is 13.1. The highest BCUT2D eigenvalue weighted by molar-refractivity contribution is 6.16. The van der Waals surface area contributed by atoms with Gasteiger partial charge in [-0.25, -0.2) is 0 Å². The molecule has 1 aromatic carbocycles. The fraction of sp³-hybridized carbons (Fsp3) is 0.526. The van der Waals surface area contributed by atoms with Gasteiger partial charge < -0.3 is 10.2 Å². The summed E-state index contributed by atoms with van der Waals surface area (Å²) in [5.74, 6) is -0.271. The fourth-order valence-corrected chi connectivity index (χ4v) is 3.41. The Labute approximate surface area is 143 Å². The highest BCUT2D eigenvalue weighted by atomic mass is 16.2. The van der Waals surface area contributed by atoms with Crippen LogP contribution in [0.15, 0.2) is 17.1 Å². The summed E-state index contributed by atoms with van der Waals surface area (Å²) in [7, 11) is 0. The molecular formula is C19H25N3O2. The zero-order chi connectivity index (χ0) is 17.3. The van der Waals surface area contributed by atoms with Crippen molar-refractivity contribution >= 4 is 28.9 Å². The third-order valence-electron chi connectivity index (χ3n) is 4.91. The van der Waals surface area contributed by atoms with Gasteiger partial charge in [0.1, 0.15) is 6.54 Å². The Morgan fingerprint density at radius 1 is 1.33 bits per heavy atom. The largest absolute Gasteiger partial charge is 0.355 e. The fourth-order valence-electron chi connectivity index (χ4n) is 3.41. The van der Waals surface area contributed by atoms with Gasteiger partial charge in [0.15, 0.2) is 0 Å². The Hall–Kier alpha value is -2.17. The van der Waals surface area contributed by atoms with Crippen molar-refractivity contribution in [2.75, 3.05) is 18.0 Å². The van der Waals surface area contributed by atoms with E-state index in [0.29, 0.717) is 6.54 Å². The summed E-state index contributed by atoms with van der Waals surface area (Å²) in [5.41, 5.74) is 4.80. The van der Waals surface area contributed by atoms with Crippen LogP contribution >= 0.6 is 0 Å². The topological polar surface area (TPSA) is 61.8 Å². The lowest BCUT2D eigenvalue weighted by atomic mass is 10.0. The van der Waals surface area contributed by atoms with Crippen LogP contribution in [0, 0.1) is 19.8 Å². The van der Waals surface area contributed by atoms with Crippen molar-refractivity contribution in [3.8, 4) is 0 Å². The van der Waals surface area contributed by atoms with E-state index in [1.165, 1.54) is 0 Å². The second-order valence-corrected chi connectivity index (χ2v) is 6.75. The van der Waals surface area contributed by atoms with Gasteiger partial charge in [0.2, 0.25) is 11.8 Å². The number of aliphatic imine (C=N–C) groups is 1. The van der Waals surface area contributed by atoms with Crippen LogP contribution in [0.25, 0.3) is 0 Å². The van der Waals surface area contributed by atoms with Crippen molar-refractivity contribution in [3.05, 3.63) is 23.3 Å². The van der Waals surface area contributed by atoms with E-state index in [9.17, 15) is 9.59 Å². The average molecular weight is 327 g/mol. The molecule has 2 aliphatic rings. The molecule has 1 fully saturated rings. The molecule has 1 aromatic rings. The minimum absolute atomic E-state index is 0.0138. The van der Waals surface area contributed by atoms with E-state index < -0.39 is 0 Å². The number of nitrogens with zero attached hydrogens (tertiary/aromatic N) is 2. The molecular weight excluding hydrogens is 302 g/mol. The molecule has 1 atom stereocenters. The third kappa shape index (κ3) is 3.07. The maximum Gasteiger partial charge on any atom is 0.240 e. The Morgan fingerprint density at radius 3 is 2.83 bits per heavy atom. The van der Waals surface area contributed by atoms with E-state index in [-0.39, 0.29) is 24.3 Å². The van der Waals surface area contributed by atoms with Gasteiger partial charge in [0.05, 0.1) is 17.3 Å². The van der Waals surface area contributed by atoms with Crippen LogP contribution in [0.1, 0.15) is 43.7 Å². The Kier molecular flexibility index (Phi) is 4.69. The van der Waals surface area contributed by atoms with Gasteiger partial charge in [0, 0.05) is 12.3 Å². The normalized spacial score (nSPS) is 19.5. The van der Waals surface area contributed by atoms with Gasteiger partial charge in [0.25, 0.3) is 0 Å². The number of carbonyl (C=O) groups is 2. The molecule has 1 saturated carbocycles. The average Bonchev–Trinajstić information content (AvgIpc) is 2.98. The van der Waals surface area contributed by atoms with Crippen LogP contribution in [-0.4, -0.2) is 30.6 Å². The minimum atomic E-state index is -0.169. The first-order valence-corrected chi connectivity index (χ1v) is 8.78. The SMILES string of the molecule is CCCNC(=O)CN1C(=O)C2CCCC2=Nc2cc(C)c(C)cc21. The molecule has 1 aliphatic carbocycles. The lowest BCUT2D eigenvalue weighted by Crippen LogP contribution is -2.44. The molecule has 1 N–H and O–H groups in total. The summed E-state index contributed by atoms with van der Waals surface area (Å²) in [5, 5.41) is 2.87. The molecule has 1 unspecified atom stereocenters. The molecule has 0 radical (unpaired) electrons. The number of aryl methyl sites for hydroxylation is 2. The van der Waals surface area contributed by atoms with Crippen molar-refractivity contribution in [2.24, 2.45) is 10.9 Å². The van der Waals surface area contributed by atoms with Crippen molar-refractivity contribution in [1.82, 2.24) is 5.32 Å². The molecule has 24 heavy (non-hydrogen) atoms. The van der Waals surface area contributed by atoms with Gasteiger partial charge in [-0.3, -0.25) is 14.6 Å². The molecule has 5 nitrogen and oxygen atoms in total. The van der Waals surface area contributed by atoms with E-state index >= 15 is 0 Å². The van der Waals surface area contributed by atoms with E-state index in [2.05, 4.69) is 5.32 Å². The summed E-state index contributed by atoms with van der Waals surface area (Å²) in [6, 6.07) is 4.02. The van der Waals surface area contributed by atoms with Gasteiger partial charge in [-0.15, -0.1) is 0 Å². The van der Waals surface area contributed by atoms with E-state index in [0.717, 1.165) is 53.9 Å². The van der Waals surface area contributed by atoms with Crippen LogP contribution in [0.2, 0.25) is 0 Å². The third-order valence-corrected chi connectivity index (χ3v) is 4.91. The summed E-state index contributed by atoms with van der Waals surface area (Å²) >= 11 is 0. The van der Waals surface area contributed by atoms with Gasteiger partial charge in [-0.05, 0) is 62.8 Å². The van der Waals surface area contributed by atoms with Crippen molar-refractivity contribution in [2.45, 2.75) is 46.5 Å². The number of hydrogen-bond donors (Lipinski definition) is 1. The molecule has 0 bridgehead atoms. The Morgan fingerprint density at radius 2 is 2.08 bits per heavy atom. The van der Waals surface area contributed by atoms with Crippen LogP contribution < -0.4 is 10.2 Å². The molecule has 1 aliphatic heterocycles. The molecule has 1 heterocycles. The maximum absolute atomic E-state index is 13.1. The van der Waals surface area contributed by atoms with E-state index in [4.69, 9.17) is 4.99 Å². The second-order valence-electron chi connectivity index (χ2n) is 6.75. The highest BCUT2D eigenvalue weighted by Gasteiger charge is 2.37. The number of carbonyl (C=O) groups excluding carboxylic acids is 2. The van der Waals surface area contributed by atoms with Gasteiger partial charge in [-0.2, -0.15) is 0 Å². The summed E-state index contributed by atoms with van der Waals surface area (Å²) in [4.78, 5) is 31.7. The number of fused-ring (bicyclic) bond motifs is 2. The summed E-state index contributed by atoms with van der Waals surface area (Å²) in [6.45, 7) is 6.78. The first-order chi connectivity index (χ1) is 11.5. The molecule has 2 amide bonds. The zero-order valence-corrected chi connectivity index (χ0v) is 14.7. The highest BCUT2D eigenvalue weighted by Crippen LogP contribution is 2.39. The summed E-state index contributed by atoms with van der Waals surface area (Å²) < 4.78 is 0. The Balaban J connectivity index is 2.00. The van der Waals surface area contributed by atoms with Crippen molar-refractivity contribution in [3.63, 3.8) is 0 Å². The first-order valence-electron chi connectivity index (χ1n) is 8.78. The lowest BCUT2D eigenvalue weighted by molar-refractivity contribution is -0.124. The standard InChI is InChI=1S/C19H25N3O2/c1-4-8-20-18(23)11-22-17-10-13(3)12(2)9-16(17)21-15-7-5-6-14(15)19(22)24/h9-10,14H,4-8,11H2,1-3H3,(H,20,23). The van der Waals surface area contributed by atoms with Gasteiger partial charge >= 0.3 is 0 Å². The predicted molar refractivity (Wildman–Crippen MR) is 96.0 cm³/mol. The van der Waals surface area contributed by atoms with E-state index in [1.807, 2.05) is 32.9 Å². The number of amides is 2. The zero-order valence-electron chi connectivity index (χ0n) is 14.7. The molecule has 128 valence electrons. The molecule has 0 saturated heterocycles. The van der Waals surface area contributed by atoms with Crippen LogP contribution in [-0.2, 0) is 9.59 Å². The number of benzene rings is 1. The Bertz CT molecular complexity index is 709. The molecule has 3 rings (SSSR count). The minimum Gasteiger partial charge on any atom is -0.355 e. The van der Waals surface area contributed by atoms with Crippen molar-refractivity contribution < 1.29 is 9.59 Å². The lowest BCUT2D eigenvalue weighted by Gasteiger charge is -2.25. The number of anilines is 1. The quantitative estimate of drug-likeness (QED) is 0.924. The predicted octanol–water partition coefficient (Wildman–Crippen LogP) is 3.05. The van der Waals surface area contributed by atoms with Gasteiger partial charge in [-0.1, -0.05) is 6.92 Å². The number of nitrogens with one attached hydrogen (secondary N) is 1. The number of hydrogen-bond acceptors (Lipinski definition) is 3. The van der Waals surface area contributed by atoms with Crippen LogP contribution in [0.3, 0.4) is 0 Å². The molecule has 0 aromatic heterocycles. The van der Waals surface area contributed by atoms with Crippen molar-refractivity contribution in [1.29, 1.82) is 0 Å². The van der Waals surface area contributed by atoms with Crippen LogP contribution in [0.4, 0.5) is 11.4 Å². The monoisotopic (exact) mass is 327 g/mol.